The van der Waals surface area contributed by atoms with Gasteiger partial charge in [0.05, 0.1) is 11.6 Å². The van der Waals surface area contributed by atoms with Gasteiger partial charge in [-0.15, -0.1) is 0 Å². The lowest BCUT2D eigenvalue weighted by molar-refractivity contribution is 0.00350. The molecule has 4 heteroatoms. The molecule has 2 heterocycles. The highest BCUT2D eigenvalue weighted by atomic mass is 31.1. The zero-order valence-corrected chi connectivity index (χ0v) is 14.3. The standard InChI is InChI=1S/C14H17NO.C3H9OP/c1-2-12-7-8-14(16-12)15-10-9-11-5-3-4-6-13(11)15;1-4-5(2)3/h3-6,9-10,12,14H,2,7-8H2,1H3;1-3H3/t12-,14-;/m1./s1. The van der Waals surface area contributed by atoms with E-state index in [2.05, 4.69) is 61.3 Å². The second kappa shape index (κ2) is 7.93. The Kier molecular flexibility index (Phi) is 6.22. The van der Waals surface area contributed by atoms with E-state index in [4.69, 9.17) is 9.26 Å². The van der Waals surface area contributed by atoms with Crippen LogP contribution in [-0.4, -0.2) is 31.1 Å². The van der Waals surface area contributed by atoms with E-state index in [0.29, 0.717) is 6.10 Å². The molecule has 3 rings (SSSR count). The van der Waals surface area contributed by atoms with Gasteiger partial charge < -0.3 is 13.8 Å². The van der Waals surface area contributed by atoms with Crippen LogP contribution < -0.4 is 0 Å². The van der Waals surface area contributed by atoms with Crippen molar-refractivity contribution in [2.45, 2.75) is 38.5 Å². The average molecular weight is 307 g/mol. The minimum Gasteiger partial charge on any atom is -0.363 e. The predicted molar refractivity (Wildman–Crippen MR) is 91.2 cm³/mol. The predicted octanol–water partition coefficient (Wildman–Crippen LogP) is 5.02. The maximum Gasteiger partial charge on any atom is 0.134 e. The summed E-state index contributed by atoms with van der Waals surface area (Å²) in [7, 11) is 1.63. The third kappa shape index (κ3) is 4.29. The number of hydrogen-bond donors (Lipinski definition) is 0. The molecule has 2 aromatic rings. The quantitative estimate of drug-likeness (QED) is 0.743. The summed E-state index contributed by atoms with van der Waals surface area (Å²) in [5, 5.41) is 1.30. The molecule has 0 amide bonds. The molecule has 0 bridgehead atoms. The molecule has 0 radical (unpaired) electrons. The van der Waals surface area contributed by atoms with Crippen LogP contribution in [0, 0.1) is 0 Å². The Morgan fingerprint density at radius 1 is 1.24 bits per heavy atom. The van der Waals surface area contributed by atoms with Crippen LogP contribution >= 0.6 is 8.15 Å². The minimum atomic E-state index is -0.0983. The van der Waals surface area contributed by atoms with Crippen molar-refractivity contribution in [3.8, 4) is 0 Å². The Morgan fingerprint density at radius 2 is 1.95 bits per heavy atom. The molecular weight excluding hydrogens is 281 g/mol. The van der Waals surface area contributed by atoms with Gasteiger partial charge in [0.2, 0.25) is 0 Å². The molecular formula is C17H26NO2P. The molecule has 1 aromatic heterocycles. The lowest BCUT2D eigenvalue weighted by Crippen LogP contribution is -2.09. The Balaban J connectivity index is 0.000000282. The van der Waals surface area contributed by atoms with Gasteiger partial charge >= 0.3 is 0 Å². The van der Waals surface area contributed by atoms with Crippen LogP contribution in [0.1, 0.15) is 32.4 Å². The fourth-order valence-corrected chi connectivity index (χ4v) is 2.55. The Bertz CT molecular complexity index is 552. The van der Waals surface area contributed by atoms with Crippen molar-refractivity contribution in [2.75, 3.05) is 20.4 Å². The van der Waals surface area contributed by atoms with Crippen molar-refractivity contribution in [1.82, 2.24) is 4.57 Å². The third-order valence-corrected chi connectivity index (χ3v) is 4.58. The number of ether oxygens (including phenoxy) is 1. The first-order valence-corrected chi connectivity index (χ1v) is 9.73. The molecule has 1 fully saturated rings. The van der Waals surface area contributed by atoms with Crippen LogP contribution in [-0.2, 0) is 9.26 Å². The molecule has 2 atom stereocenters. The molecule has 0 N–H and O–H groups in total. The van der Waals surface area contributed by atoms with Crippen LogP contribution in [0.2, 0.25) is 0 Å². The Hall–Kier alpha value is -0.890. The van der Waals surface area contributed by atoms with E-state index in [1.807, 2.05) is 0 Å². The number of hydrogen-bond acceptors (Lipinski definition) is 2. The van der Waals surface area contributed by atoms with Crippen molar-refractivity contribution >= 4 is 19.1 Å². The van der Waals surface area contributed by atoms with Crippen molar-refractivity contribution in [1.29, 1.82) is 0 Å². The second-order valence-electron chi connectivity index (χ2n) is 5.48. The lowest BCUT2D eigenvalue weighted by Gasteiger charge is -2.15. The molecule has 116 valence electrons. The summed E-state index contributed by atoms with van der Waals surface area (Å²) in [5.74, 6) is 0. The molecule has 21 heavy (non-hydrogen) atoms. The topological polar surface area (TPSA) is 23.4 Å². The normalized spacial score (nSPS) is 21.6. The van der Waals surface area contributed by atoms with Crippen molar-refractivity contribution in [3.05, 3.63) is 36.5 Å². The van der Waals surface area contributed by atoms with Gasteiger partial charge in [-0.1, -0.05) is 25.1 Å². The molecule has 3 nitrogen and oxygen atoms in total. The highest BCUT2D eigenvalue weighted by molar-refractivity contribution is 7.50. The van der Waals surface area contributed by atoms with Gasteiger partial charge in [0.25, 0.3) is 0 Å². The zero-order valence-electron chi connectivity index (χ0n) is 13.5. The fraction of sp³-hybridized carbons (Fsp3) is 0.529. The smallest absolute Gasteiger partial charge is 0.134 e. The first-order valence-electron chi connectivity index (χ1n) is 7.58. The highest BCUT2D eigenvalue weighted by Crippen LogP contribution is 2.32. The van der Waals surface area contributed by atoms with Gasteiger partial charge in [0.15, 0.2) is 0 Å². The van der Waals surface area contributed by atoms with Gasteiger partial charge in [-0.05, 0) is 50.1 Å². The molecule has 0 saturated carbocycles. The monoisotopic (exact) mass is 307 g/mol. The van der Waals surface area contributed by atoms with E-state index in [0.717, 1.165) is 12.8 Å². The minimum absolute atomic E-state index is 0.0983. The summed E-state index contributed by atoms with van der Waals surface area (Å²) in [5.41, 5.74) is 1.28. The Morgan fingerprint density at radius 3 is 2.57 bits per heavy atom. The largest absolute Gasteiger partial charge is 0.363 e. The molecule has 0 spiro atoms. The first kappa shape index (κ1) is 16.5. The summed E-state index contributed by atoms with van der Waals surface area (Å²) in [6, 6.07) is 10.6. The molecule has 1 saturated heterocycles. The average Bonchev–Trinajstić information content (AvgIpc) is 3.13. The molecule has 0 unspecified atom stereocenters. The van der Waals surface area contributed by atoms with Gasteiger partial charge in [0, 0.05) is 21.5 Å². The van der Waals surface area contributed by atoms with E-state index in [-0.39, 0.29) is 14.4 Å². The summed E-state index contributed by atoms with van der Waals surface area (Å²) in [6.07, 6.45) is 6.28. The molecule has 1 aliphatic heterocycles. The number of aromatic nitrogens is 1. The van der Waals surface area contributed by atoms with E-state index in [1.165, 1.54) is 17.3 Å². The highest BCUT2D eigenvalue weighted by Gasteiger charge is 2.25. The van der Waals surface area contributed by atoms with Crippen LogP contribution in [0.3, 0.4) is 0 Å². The maximum absolute atomic E-state index is 6.03. The summed E-state index contributed by atoms with van der Waals surface area (Å²) in [4.78, 5) is 0. The number of benzene rings is 1. The van der Waals surface area contributed by atoms with Crippen LogP contribution in [0.5, 0.6) is 0 Å². The number of nitrogens with zero attached hydrogens (tertiary/aromatic N) is 1. The van der Waals surface area contributed by atoms with Gasteiger partial charge in [0.1, 0.15) is 6.23 Å². The van der Waals surface area contributed by atoms with Gasteiger partial charge in [-0.2, -0.15) is 0 Å². The SMILES string of the molecule is CC[C@@H]1CC[C@H](n2ccc3ccccc32)O1.COP(C)C. The summed E-state index contributed by atoms with van der Waals surface area (Å²) >= 11 is 0. The van der Waals surface area contributed by atoms with E-state index >= 15 is 0 Å². The third-order valence-electron chi connectivity index (χ3n) is 3.85. The lowest BCUT2D eigenvalue weighted by atomic mass is 10.2. The maximum atomic E-state index is 6.03. The zero-order chi connectivity index (χ0) is 15.2. The Labute approximate surface area is 129 Å². The summed E-state index contributed by atoms with van der Waals surface area (Å²) < 4.78 is 13.1. The molecule has 1 aromatic carbocycles. The van der Waals surface area contributed by atoms with Crippen LogP contribution in [0.25, 0.3) is 10.9 Å². The van der Waals surface area contributed by atoms with E-state index < -0.39 is 0 Å². The van der Waals surface area contributed by atoms with Gasteiger partial charge in [-0.25, -0.2) is 0 Å². The summed E-state index contributed by atoms with van der Waals surface area (Å²) in [6.45, 7) is 6.32. The van der Waals surface area contributed by atoms with Crippen molar-refractivity contribution < 1.29 is 9.26 Å². The number of rotatable bonds is 3. The van der Waals surface area contributed by atoms with Crippen molar-refractivity contribution in [2.24, 2.45) is 0 Å². The second-order valence-corrected chi connectivity index (χ2v) is 7.46. The first-order chi connectivity index (χ1) is 10.2. The van der Waals surface area contributed by atoms with E-state index in [9.17, 15) is 0 Å². The van der Waals surface area contributed by atoms with Crippen LogP contribution in [0.15, 0.2) is 36.5 Å². The van der Waals surface area contributed by atoms with E-state index in [1.54, 1.807) is 7.11 Å². The molecule has 0 aliphatic carbocycles. The fourth-order valence-electron chi connectivity index (χ4n) is 2.55. The van der Waals surface area contributed by atoms with Crippen LogP contribution in [0.4, 0.5) is 0 Å². The van der Waals surface area contributed by atoms with Crippen molar-refractivity contribution in [3.63, 3.8) is 0 Å². The molecule has 1 aliphatic rings. The number of para-hydroxylation sites is 1. The number of fused-ring (bicyclic) bond motifs is 1. The van der Waals surface area contributed by atoms with Gasteiger partial charge in [-0.3, -0.25) is 0 Å².